The fourth-order valence-electron chi connectivity index (χ4n) is 2.10. The number of nitrogens with zero attached hydrogens (tertiary/aromatic N) is 2. The van der Waals surface area contributed by atoms with Gasteiger partial charge in [0.15, 0.2) is 11.0 Å². The zero-order valence-corrected chi connectivity index (χ0v) is 13.8. The van der Waals surface area contributed by atoms with Gasteiger partial charge in [0.05, 0.1) is 5.75 Å². The fourth-order valence-corrected chi connectivity index (χ4v) is 2.63. The summed E-state index contributed by atoms with van der Waals surface area (Å²) in [5.74, 6) is -0.786. The van der Waals surface area contributed by atoms with Crippen molar-refractivity contribution in [2.24, 2.45) is 0 Å². The first-order valence-corrected chi connectivity index (χ1v) is 8.34. The Bertz CT molecular complexity index is 896. The predicted molar refractivity (Wildman–Crippen MR) is 94.6 cm³/mol. The monoisotopic (exact) mass is 354 g/mol. The van der Waals surface area contributed by atoms with Gasteiger partial charge in [-0.05, 0) is 24.3 Å². The van der Waals surface area contributed by atoms with Crippen LogP contribution in [-0.4, -0.2) is 37.9 Å². The first-order chi connectivity index (χ1) is 12.1. The summed E-state index contributed by atoms with van der Waals surface area (Å²) >= 11 is 1.05. The molecule has 0 spiro atoms. The first kappa shape index (κ1) is 16.7. The number of anilines is 1. The number of carbonyl (C=O) groups excluding carboxylic acids is 1. The molecule has 1 amide bonds. The minimum atomic E-state index is -0.928. The van der Waals surface area contributed by atoms with E-state index in [9.17, 15) is 9.59 Å². The maximum atomic E-state index is 12.4. The summed E-state index contributed by atoms with van der Waals surface area (Å²) in [6.45, 7) is 0. The van der Waals surface area contributed by atoms with Crippen molar-refractivity contribution in [3.63, 3.8) is 0 Å². The Hall–Kier alpha value is -3.13. The summed E-state index contributed by atoms with van der Waals surface area (Å²) in [5, 5.41) is 19.8. The molecule has 1 heterocycles. The number of hydrogen-bond donors (Lipinski definition) is 3. The van der Waals surface area contributed by atoms with Gasteiger partial charge in [-0.2, -0.15) is 0 Å². The number of carboxylic acid groups (broad SMARTS) is 1. The molecule has 126 valence electrons. The number of carbonyl (C=O) groups is 2. The molecular formula is C17H14N4O3S. The van der Waals surface area contributed by atoms with E-state index in [1.807, 2.05) is 30.3 Å². The van der Waals surface area contributed by atoms with Gasteiger partial charge in [0.2, 0.25) is 0 Å². The molecule has 0 fully saturated rings. The van der Waals surface area contributed by atoms with Crippen LogP contribution < -0.4 is 5.32 Å². The molecule has 0 aliphatic carbocycles. The van der Waals surface area contributed by atoms with Gasteiger partial charge < -0.3 is 15.4 Å². The third-order valence-electron chi connectivity index (χ3n) is 3.23. The minimum Gasteiger partial charge on any atom is -0.481 e. The average Bonchev–Trinajstić information content (AvgIpc) is 3.10. The van der Waals surface area contributed by atoms with E-state index in [0.717, 1.165) is 11.8 Å². The zero-order chi connectivity index (χ0) is 17.6. The van der Waals surface area contributed by atoms with E-state index in [-0.39, 0.29) is 11.7 Å². The molecule has 3 rings (SSSR count). The SMILES string of the molecule is O=C(O)CSc1nnc(-c2cccc(C(=O)Nc3ccccc3)c2)[nH]1. The molecule has 0 aliphatic rings. The number of aromatic amines is 1. The molecule has 0 atom stereocenters. The largest absolute Gasteiger partial charge is 0.481 e. The Kier molecular flexibility index (Phi) is 5.10. The van der Waals surface area contributed by atoms with Crippen LogP contribution in [0.2, 0.25) is 0 Å². The number of amides is 1. The topological polar surface area (TPSA) is 108 Å². The molecule has 25 heavy (non-hydrogen) atoms. The van der Waals surface area contributed by atoms with Gasteiger partial charge in [-0.1, -0.05) is 42.1 Å². The van der Waals surface area contributed by atoms with Crippen LogP contribution in [0.4, 0.5) is 5.69 Å². The predicted octanol–water partition coefficient (Wildman–Crippen LogP) is 2.90. The van der Waals surface area contributed by atoms with Crippen LogP contribution in [0.25, 0.3) is 11.4 Å². The number of hydrogen-bond acceptors (Lipinski definition) is 5. The van der Waals surface area contributed by atoms with Gasteiger partial charge in [0.25, 0.3) is 5.91 Å². The third kappa shape index (κ3) is 4.45. The molecule has 1 aromatic heterocycles. The van der Waals surface area contributed by atoms with Crippen LogP contribution in [-0.2, 0) is 4.79 Å². The first-order valence-electron chi connectivity index (χ1n) is 7.36. The van der Waals surface area contributed by atoms with Crippen molar-refractivity contribution < 1.29 is 14.7 Å². The Morgan fingerprint density at radius 3 is 2.64 bits per heavy atom. The van der Waals surface area contributed by atoms with E-state index in [0.29, 0.717) is 27.8 Å². The van der Waals surface area contributed by atoms with E-state index >= 15 is 0 Å². The Labute approximate surface area is 147 Å². The molecule has 0 saturated heterocycles. The van der Waals surface area contributed by atoms with Crippen molar-refractivity contribution in [2.75, 3.05) is 11.1 Å². The second-order valence-corrected chi connectivity index (χ2v) is 6.03. The molecule has 7 nitrogen and oxygen atoms in total. The van der Waals surface area contributed by atoms with Gasteiger partial charge >= 0.3 is 5.97 Å². The normalized spacial score (nSPS) is 10.4. The summed E-state index contributed by atoms with van der Waals surface area (Å²) in [4.78, 5) is 25.9. The number of H-pyrrole nitrogens is 1. The maximum Gasteiger partial charge on any atom is 0.313 e. The van der Waals surface area contributed by atoms with Crippen LogP contribution in [0, 0.1) is 0 Å². The number of carboxylic acids is 1. The third-order valence-corrected chi connectivity index (χ3v) is 4.08. The van der Waals surface area contributed by atoms with Crippen LogP contribution in [0.5, 0.6) is 0 Å². The Morgan fingerprint density at radius 2 is 1.88 bits per heavy atom. The Balaban J connectivity index is 1.75. The number of nitrogens with one attached hydrogen (secondary N) is 2. The number of para-hydroxylation sites is 1. The standard InChI is InChI=1S/C17H14N4O3S/c22-14(23)10-25-17-19-15(20-21-17)11-5-4-6-12(9-11)16(24)18-13-7-2-1-3-8-13/h1-9H,10H2,(H,18,24)(H,22,23)(H,19,20,21). The maximum absolute atomic E-state index is 12.4. The zero-order valence-electron chi connectivity index (χ0n) is 13.0. The minimum absolute atomic E-state index is 0.103. The van der Waals surface area contributed by atoms with Crippen LogP contribution in [0.1, 0.15) is 10.4 Å². The van der Waals surface area contributed by atoms with E-state index < -0.39 is 5.97 Å². The summed E-state index contributed by atoms with van der Waals surface area (Å²) in [5.41, 5.74) is 1.89. The van der Waals surface area contributed by atoms with E-state index in [1.165, 1.54) is 0 Å². The molecule has 8 heteroatoms. The second kappa shape index (κ2) is 7.63. The van der Waals surface area contributed by atoms with E-state index in [4.69, 9.17) is 5.11 Å². The average molecular weight is 354 g/mol. The number of thioether (sulfide) groups is 1. The highest BCUT2D eigenvalue weighted by atomic mass is 32.2. The highest BCUT2D eigenvalue weighted by Gasteiger charge is 2.11. The van der Waals surface area contributed by atoms with Crippen molar-refractivity contribution in [1.82, 2.24) is 15.2 Å². The molecule has 3 N–H and O–H groups in total. The van der Waals surface area contributed by atoms with Gasteiger partial charge in [-0.15, -0.1) is 10.2 Å². The van der Waals surface area contributed by atoms with Crippen molar-refractivity contribution in [2.45, 2.75) is 5.16 Å². The van der Waals surface area contributed by atoms with Crippen LogP contribution in [0.15, 0.2) is 59.8 Å². The summed E-state index contributed by atoms with van der Waals surface area (Å²) in [7, 11) is 0. The van der Waals surface area contributed by atoms with E-state index in [2.05, 4.69) is 20.5 Å². The quantitative estimate of drug-likeness (QED) is 0.588. The van der Waals surface area contributed by atoms with Gasteiger partial charge in [0, 0.05) is 16.8 Å². The highest BCUT2D eigenvalue weighted by Crippen LogP contribution is 2.20. The van der Waals surface area contributed by atoms with Crippen LogP contribution >= 0.6 is 11.8 Å². The van der Waals surface area contributed by atoms with Crippen molar-refractivity contribution in [3.8, 4) is 11.4 Å². The molecule has 3 aromatic rings. The molecule has 0 radical (unpaired) electrons. The lowest BCUT2D eigenvalue weighted by Gasteiger charge is -2.06. The smallest absolute Gasteiger partial charge is 0.313 e. The summed E-state index contributed by atoms with van der Waals surface area (Å²) in [6.07, 6.45) is 0. The van der Waals surface area contributed by atoms with Crippen LogP contribution in [0.3, 0.4) is 0 Å². The number of aliphatic carboxylic acids is 1. The van der Waals surface area contributed by atoms with Gasteiger partial charge in [0.1, 0.15) is 0 Å². The van der Waals surface area contributed by atoms with Crippen molar-refractivity contribution in [1.29, 1.82) is 0 Å². The number of benzene rings is 2. The van der Waals surface area contributed by atoms with Crippen molar-refractivity contribution >= 4 is 29.3 Å². The van der Waals surface area contributed by atoms with Gasteiger partial charge in [-0.3, -0.25) is 9.59 Å². The number of aromatic nitrogens is 3. The molecule has 2 aromatic carbocycles. The fraction of sp³-hybridized carbons (Fsp3) is 0.0588. The Morgan fingerprint density at radius 1 is 1.08 bits per heavy atom. The van der Waals surface area contributed by atoms with Gasteiger partial charge in [-0.25, -0.2) is 0 Å². The lowest BCUT2D eigenvalue weighted by Crippen LogP contribution is -2.11. The molecule has 0 bridgehead atoms. The highest BCUT2D eigenvalue weighted by molar-refractivity contribution is 7.99. The van der Waals surface area contributed by atoms with Crippen molar-refractivity contribution in [3.05, 3.63) is 60.2 Å². The molecule has 0 unspecified atom stereocenters. The van der Waals surface area contributed by atoms with E-state index in [1.54, 1.807) is 24.3 Å². The number of rotatable bonds is 6. The summed E-state index contributed by atoms with van der Waals surface area (Å²) in [6, 6.07) is 16.1. The summed E-state index contributed by atoms with van der Waals surface area (Å²) < 4.78 is 0. The second-order valence-electron chi connectivity index (χ2n) is 5.06. The molecule has 0 aliphatic heterocycles. The molecule has 0 saturated carbocycles. The molecular weight excluding hydrogens is 340 g/mol. The lowest BCUT2D eigenvalue weighted by atomic mass is 10.1. The lowest BCUT2D eigenvalue weighted by molar-refractivity contribution is -0.133.